The summed E-state index contributed by atoms with van der Waals surface area (Å²) in [5, 5.41) is 12.5. The Balaban J connectivity index is 2.10. The lowest BCUT2D eigenvalue weighted by Crippen LogP contribution is -2.42. The number of thioether (sulfide) groups is 1. The van der Waals surface area contributed by atoms with Crippen LogP contribution in [0, 0.1) is 5.92 Å². The van der Waals surface area contributed by atoms with E-state index in [0.29, 0.717) is 11.6 Å². The molecular formula is C14H20N2O3S. The maximum atomic E-state index is 11.8. The van der Waals surface area contributed by atoms with Crippen molar-refractivity contribution in [2.45, 2.75) is 25.0 Å². The van der Waals surface area contributed by atoms with Crippen LogP contribution in [0.3, 0.4) is 0 Å². The van der Waals surface area contributed by atoms with Crippen LogP contribution in [0.2, 0.25) is 0 Å². The fourth-order valence-electron chi connectivity index (χ4n) is 2.42. The highest BCUT2D eigenvalue weighted by molar-refractivity contribution is 7.99. The summed E-state index contributed by atoms with van der Waals surface area (Å²) in [6, 6.07) is 3.62. The van der Waals surface area contributed by atoms with E-state index < -0.39 is 0 Å². The first-order chi connectivity index (χ1) is 9.63. The van der Waals surface area contributed by atoms with Crippen molar-refractivity contribution < 1.29 is 14.6 Å². The maximum absolute atomic E-state index is 11.8. The van der Waals surface area contributed by atoms with Gasteiger partial charge in [-0.2, -0.15) is 11.8 Å². The molecule has 1 unspecified atom stereocenters. The number of aliphatic hydroxyl groups is 1. The van der Waals surface area contributed by atoms with Gasteiger partial charge in [-0.3, -0.25) is 4.79 Å². The highest BCUT2D eigenvalue weighted by atomic mass is 32.2. The smallest absolute Gasteiger partial charge is 0.230 e. The second-order valence-corrected chi connectivity index (χ2v) is 5.86. The standard InChI is InChI=1S/C14H20N2O3S/c1-19-13-4-3-9(7-15-13)14(10-5-11(17)6-10)16-12(18)8-20-2/h3-4,7,10-11,14,17H,5-6,8H2,1-2H3,(H,16,18). The Morgan fingerprint density at radius 2 is 2.35 bits per heavy atom. The normalized spacial score (nSPS) is 22.8. The molecule has 0 aliphatic heterocycles. The highest BCUT2D eigenvalue weighted by Crippen LogP contribution is 2.38. The van der Waals surface area contributed by atoms with Gasteiger partial charge in [0, 0.05) is 12.3 Å². The number of hydrogen-bond donors (Lipinski definition) is 2. The molecule has 1 saturated carbocycles. The number of pyridine rings is 1. The lowest BCUT2D eigenvalue weighted by molar-refractivity contribution is -0.120. The fraction of sp³-hybridized carbons (Fsp3) is 0.571. The molecule has 1 fully saturated rings. The Labute approximate surface area is 123 Å². The second-order valence-electron chi connectivity index (χ2n) is 5.00. The van der Waals surface area contributed by atoms with E-state index in [4.69, 9.17) is 4.74 Å². The van der Waals surface area contributed by atoms with Crippen LogP contribution < -0.4 is 10.1 Å². The van der Waals surface area contributed by atoms with Gasteiger partial charge in [0.25, 0.3) is 0 Å². The summed E-state index contributed by atoms with van der Waals surface area (Å²) >= 11 is 1.49. The Bertz CT molecular complexity index is 446. The number of carbonyl (C=O) groups excluding carboxylic acids is 1. The van der Waals surface area contributed by atoms with E-state index >= 15 is 0 Å². The van der Waals surface area contributed by atoms with Crippen molar-refractivity contribution in [3.8, 4) is 5.88 Å². The Hall–Kier alpha value is -1.27. The number of amides is 1. The van der Waals surface area contributed by atoms with Crippen LogP contribution in [-0.2, 0) is 4.79 Å². The Morgan fingerprint density at radius 3 is 2.85 bits per heavy atom. The summed E-state index contributed by atoms with van der Waals surface area (Å²) in [7, 11) is 1.57. The Morgan fingerprint density at radius 1 is 1.60 bits per heavy atom. The molecule has 2 N–H and O–H groups in total. The van der Waals surface area contributed by atoms with Crippen LogP contribution in [0.4, 0.5) is 0 Å². The van der Waals surface area contributed by atoms with Gasteiger partial charge in [-0.05, 0) is 30.6 Å². The minimum absolute atomic E-state index is 0.0136. The number of methoxy groups -OCH3 is 1. The third kappa shape index (κ3) is 3.64. The van der Waals surface area contributed by atoms with Crippen LogP contribution in [0.5, 0.6) is 5.88 Å². The summed E-state index contributed by atoms with van der Waals surface area (Å²) in [5.41, 5.74) is 0.956. The van der Waals surface area contributed by atoms with Crippen molar-refractivity contribution in [3.63, 3.8) is 0 Å². The fourth-order valence-corrected chi connectivity index (χ4v) is 2.76. The van der Waals surface area contributed by atoms with E-state index in [1.807, 2.05) is 12.3 Å². The van der Waals surface area contributed by atoms with Gasteiger partial charge in [-0.1, -0.05) is 6.07 Å². The van der Waals surface area contributed by atoms with Gasteiger partial charge in [0.05, 0.1) is 25.0 Å². The quantitative estimate of drug-likeness (QED) is 0.830. The third-order valence-corrected chi connectivity index (χ3v) is 4.09. The van der Waals surface area contributed by atoms with Gasteiger partial charge in [-0.25, -0.2) is 4.98 Å². The first-order valence-electron chi connectivity index (χ1n) is 6.60. The number of hydrogen-bond acceptors (Lipinski definition) is 5. The van der Waals surface area contributed by atoms with Gasteiger partial charge in [0.2, 0.25) is 11.8 Å². The maximum Gasteiger partial charge on any atom is 0.230 e. The number of nitrogens with one attached hydrogen (secondary N) is 1. The van der Waals surface area contributed by atoms with Gasteiger partial charge >= 0.3 is 0 Å². The minimum Gasteiger partial charge on any atom is -0.481 e. The van der Waals surface area contributed by atoms with Gasteiger partial charge < -0.3 is 15.2 Å². The lowest BCUT2D eigenvalue weighted by Gasteiger charge is -2.38. The molecule has 1 aliphatic carbocycles. The zero-order valence-electron chi connectivity index (χ0n) is 11.7. The van der Waals surface area contributed by atoms with Crippen molar-refractivity contribution in [1.29, 1.82) is 0 Å². The van der Waals surface area contributed by atoms with Crippen LogP contribution in [0.25, 0.3) is 0 Å². The molecule has 20 heavy (non-hydrogen) atoms. The monoisotopic (exact) mass is 296 g/mol. The van der Waals surface area contributed by atoms with Crippen molar-refractivity contribution in [1.82, 2.24) is 10.3 Å². The predicted octanol–water partition coefficient (Wildman–Crippen LogP) is 1.38. The summed E-state index contributed by atoms with van der Waals surface area (Å²) in [5.74, 6) is 1.28. The number of aliphatic hydroxyl groups excluding tert-OH is 1. The van der Waals surface area contributed by atoms with Crippen molar-refractivity contribution in [2.75, 3.05) is 19.1 Å². The summed E-state index contributed by atoms with van der Waals surface area (Å²) < 4.78 is 5.04. The molecule has 1 atom stereocenters. The molecule has 6 heteroatoms. The largest absolute Gasteiger partial charge is 0.481 e. The first-order valence-corrected chi connectivity index (χ1v) is 7.99. The number of ether oxygens (including phenoxy) is 1. The van der Waals surface area contributed by atoms with Crippen molar-refractivity contribution in [3.05, 3.63) is 23.9 Å². The van der Waals surface area contributed by atoms with Crippen molar-refractivity contribution in [2.24, 2.45) is 5.92 Å². The molecule has 0 bridgehead atoms. The summed E-state index contributed by atoms with van der Waals surface area (Å²) in [4.78, 5) is 16.0. The first kappa shape index (κ1) is 15.1. The van der Waals surface area contributed by atoms with Crippen LogP contribution in [0.1, 0.15) is 24.4 Å². The topological polar surface area (TPSA) is 71.5 Å². The minimum atomic E-state index is -0.244. The van der Waals surface area contributed by atoms with Crippen LogP contribution in [0.15, 0.2) is 18.3 Å². The molecule has 2 rings (SSSR count). The van der Waals surface area contributed by atoms with Gasteiger partial charge in [0.15, 0.2) is 0 Å². The molecule has 5 nitrogen and oxygen atoms in total. The zero-order valence-corrected chi connectivity index (χ0v) is 12.5. The van der Waals surface area contributed by atoms with E-state index in [-0.39, 0.29) is 24.0 Å². The summed E-state index contributed by atoms with van der Waals surface area (Å²) in [6.45, 7) is 0. The van der Waals surface area contributed by atoms with E-state index in [9.17, 15) is 9.90 Å². The molecule has 0 spiro atoms. The molecule has 0 radical (unpaired) electrons. The molecule has 1 aromatic heterocycles. The molecule has 0 aromatic carbocycles. The lowest BCUT2D eigenvalue weighted by atomic mass is 9.75. The average Bonchev–Trinajstić information content (AvgIpc) is 2.42. The van der Waals surface area contributed by atoms with E-state index in [1.54, 1.807) is 19.4 Å². The summed E-state index contributed by atoms with van der Waals surface area (Å²) in [6.07, 6.45) is 4.82. The molecule has 1 aromatic rings. The average molecular weight is 296 g/mol. The number of rotatable bonds is 6. The highest BCUT2D eigenvalue weighted by Gasteiger charge is 2.35. The molecule has 110 valence electrons. The molecule has 1 amide bonds. The second kappa shape index (κ2) is 6.95. The predicted molar refractivity (Wildman–Crippen MR) is 78.8 cm³/mol. The number of aromatic nitrogens is 1. The van der Waals surface area contributed by atoms with Gasteiger partial charge in [-0.15, -0.1) is 0 Å². The zero-order chi connectivity index (χ0) is 14.5. The molecular weight excluding hydrogens is 276 g/mol. The third-order valence-electron chi connectivity index (χ3n) is 3.54. The Kier molecular flexibility index (Phi) is 5.25. The van der Waals surface area contributed by atoms with E-state index in [2.05, 4.69) is 10.3 Å². The number of carbonyl (C=O) groups is 1. The van der Waals surface area contributed by atoms with Crippen molar-refractivity contribution >= 4 is 17.7 Å². The van der Waals surface area contributed by atoms with E-state index in [1.165, 1.54) is 11.8 Å². The van der Waals surface area contributed by atoms with Crippen LogP contribution in [-0.4, -0.2) is 41.2 Å². The van der Waals surface area contributed by atoms with Crippen LogP contribution >= 0.6 is 11.8 Å². The molecule has 1 heterocycles. The molecule has 0 saturated heterocycles. The van der Waals surface area contributed by atoms with Gasteiger partial charge in [0.1, 0.15) is 0 Å². The SMILES string of the molecule is COc1ccc(C(NC(=O)CSC)C2CC(O)C2)cn1. The van der Waals surface area contributed by atoms with E-state index in [0.717, 1.165) is 18.4 Å². The molecule has 1 aliphatic rings. The number of nitrogens with zero attached hydrogens (tertiary/aromatic N) is 1.